The maximum Gasteiger partial charge on any atom is 0.224 e. The van der Waals surface area contributed by atoms with Gasteiger partial charge in [-0.2, -0.15) is 5.10 Å². The van der Waals surface area contributed by atoms with Crippen LogP contribution < -0.4 is 0 Å². The summed E-state index contributed by atoms with van der Waals surface area (Å²) in [5.74, 6) is 0.425. The zero-order valence-electron chi connectivity index (χ0n) is 16.2. The first kappa shape index (κ1) is 19.5. The molecule has 2 heterocycles. The summed E-state index contributed by atoms with van der Waals surface area (Å²) < 4.78 is 15.0. The second kappa shape index (κ2) is 9.13. The number of hydrogen-bond acceptors (Lipinski definition) is 3. The van der Waals surface area contributed by atoms with E-state index in [0.29, 0.717) is 24.9 Å². The monoisotopic (exact) mass is 372 g/mol. The van der Waals surface area contributed by atoms with E-state index in [-0.39, 0.29) is 11.7 Å². The average molecular weight is 372 g/mol. The van der Waals surface area contributed by atoms with E-state index in [1.54, 1.807) is 10.9 Å². The van der Waals surface area contributed by atoms with Gasteiger partial charge in [-0.25, -0.2) is 4.39 Å². The molecule has 0 unspecified atom stereocenters. The molecule has 1 aromatic heterocycles. The van der Waals surface area contributed by atoms with Crippen LogP contribution in [0, 0.1) is 11.7 Å². The predicted molar refractivity (Wildman–Crippen MR) is 103 cm³/mol. The van der Waals surface area contributed by atoms with Crippen molar-refractivity contribution in [1.29, 1.82) is 0 Å². The number of halogens is 1. The van der Waals surface area contributed by atoms with E-state index in [9.17, 15) is 9.18 Å². The van der Waals surface area contributed by atoms with Crippen LogP contribution in [0.4, 0.5) is 4.39 Å². The maximum absolute atomic E-state index is 13.2. The summed E-state index contributed by atoms with van der Waals surface area (Å²) in [5.41, 5.74) is 1.11. The summed E-state index contributed by atoms with van der Waals surface area (Å²) in [6, 6.07) is 8.91. The molecular weight excluding hydrogens is 343 g/mol. The molecule has 1 atom stereocenters. The summed E-state index contributed by atoms with van der Waals surface area (Å²) >= 11 is 0. The highest BCUT2D eigenvalue weighted by Crippen LogP contribution is 2.20. The van der Waals surface area contributed by atoms with Crippen molar-refractivity contribution in [2.75, 3.05) is 19.6 Å². The van der Waals surface area contributed by atoms with Crippen LogP contribution in [0.5, 0.6) is 0 Å². The first-order chi connectivity index (χ1) is 13.0. The topological polar surface area (TPSA) is 41.4 Å². The molecule has 1 saturated heterocycles. The van der Waals surface area contributed by atoms with E-state index < -0.39 is 0 Å². The molecule has 1 fully saturated rings. The molecule has 3 rings (SSSR count). The van der Waals surface area contributed by atoms with Gasteiger partial charge in [0.15, 0.2) is 0 Å². The molecule has 0 spiro atoms. The van der Waals surface area contributed by atoms with E-state index in [1.165, 1.54) is 12.1 Å². The summed E-state index contributed by atoms with van der Waals surface area (Å²) in [4.78, 5) is 17.2. The minimum atomic E-state index is -0.205. The van der Waals surface area contributed by atoms with Gasteiger partial charge in [0.2, 0.25) is 5.91 Å². The van der Waals surface area contributed by atoms with E-state index in [2.05, 4.69) is 23.8 Å². The van der Waals surface area contributed by atoms with Crippen LogP contribution in [0.25, 0.3) is 0 Å². The second-order valence-corrected chi connectivity index (χ2v) is 7.62. The van der Waals surface area contributed by atoms with Gasteiger partial charge in [0, 0.05) is 57.6 Å². The Hall–Kier alpha value is -2.21. The molecule has 6 heteroatoms. The summed E-state index contributed by atoms with van der Waals surface area (Å²) in [6.45, 7) is 8.31. The Bertz CT molecular complexity index is 714. The smallest absolute Gasteiger partial charge is 0.224 e. The fourth-order valence-electron chi connectivity index (χ4n) is 3.74. The van der Waals surface area contributed by atoms with Gasteiger partial charge < -0.3 is 4.90 Å². The van der Waals surface area contributed by atoms with E-state index in [0.717, 1.165) is 38.2 Å². The molecule has 146 valence electrons. The van der Waals surface area contributed by atoms with Crippen LogP contribution in [-0.2, 0) is 17.9 Å². The van der Waals surface area contributed by atoms with Gasteiger partial charge in [0.1, 0.15) is 5.82 Å². The van der Waals surface area contributed by atoms with Crippen LogP contribution in [0.1, 0.15) is 32.3 Å². The van der Waals surface area contributed by atoms with Crippen molar-refractivity contribution in [3.63, 3.8) is 0 Å². The van der Waals surface area contributed by atoms with Crippen molar-refractivity contribution < 1.29 is 9.18 Å². The van der Waals surface area contributed by atoms with Crippen LogP contribution in [0.3, 0.4) is 0 Å². The number of aryl methyl sites for hydroxylation is 1. The first-order valence-electron chi connectivity index (χ1n) is 9.76. The minimum absolute atomic E-state index is 0.194. The van der Waals surface area contributed by atoms with E-state index in [4.69, 9.17) is 0 Å². The zero-order valence-corrected chi connectivity index (χ0v) is 16.2. The number of aromatic nitrogens is 2. The predicted octanol–water partition coefficient (Wildman–Crippen LogP) is 3.17. The van der Waals surface area contributed by atoms with Gasteiger partial charge in [0.25, 0.3) is 0 Å². The number of hydrogen-bond donors (Lipinski definition) is 0. The maximum atomic E-state index is 13.2. The Labute approximate surface area is 160 Å². The van der Waals surface area contributed by atoms with Crippen LogP contribution in [0.2, 0.25) is 0 Å². The fraction of sp³-hybridized carbons (Fsp3) is 0.524. The summed E-state index contributed by atoms with van der Waals surface area (Å²) in [5, 5.41) is 4.17. The number of amides is 1. The third kappa shape index (κ3) is 5.39. The Morgan fingerprint density at radius 2 is 2.04 bits per heavy atom. The SMILES string of the molecule is CC(C)[C@H]1CN(C(=O)CCn2cccn2)CCCN1Cc1ccc(F)cc1. The molecule has 0 saturated carbocycles. The Morgan fingerprint density at radius 3 is 2.70 bits per heavy atom. The number of benzene rings is 1. The lowest BCUT2D eigenvalue weighted by Crippen LogP contribution is -2.45. The normalized spacial score (nSPS) is 18.7. The quantitative estimate of drug-likeness (QED) is 0.782. The number of carbonyl (C=O) groups is 1. The second-order valence-electron chi connectivity index (χ2n) is 7.62. The van der Waals surface area contributed by atoms with Crippen molar-refractivity contribution in [3.05, 3.63) is 54.1 Å². The Balaban J connectivity index is 1.63. The van der Waals surface area contributed by atoms with Crippen molar-refractivity contribution in [2.45, 2.75) is 45.8 Å². The Morgan fingerprint density at radius 1 is 1.26 bits per heavy atom. The van der Waals surface area contributed by atoms with Crippen molar-refractivity contribution in [1.82, 2.24) is 19.6 Å². The van der Waals surface area contributed by atoms with Crippen LogP contribution >= 0.6 is 0 Å². The lowest BCUT2D eigenvalue weighted by atomic mass is 10.0. The van der Waals surface area contributed by atoms with Gasteiger partial charge in [-0.1, -0.05) is 26.0 Å². The van der Waals surface area contributed by atoms with Crippen LogP contribution in [-0.4, -0.2) is 51.2 Å². The molecule has 1 amide bonds. The molecule has 0 bridgehead atoms. The molecule has 1 aliphatic rings. The molecule has 1 aliphatic heterocycles. The van der Waals surface area contributed by atoms with E-state index in [1.807, 2.05) is 29.3 Å². The van der Waals surface area contributed by atoms with Crippen LogP contribution in [0.15, 0.2) is 42.7 Å². The molecule has 0 aliphatic carbocycles. The first-order valence-corrected chi connectivity index (χ1v) is 9.76. The zero-order chi connectivity index (χ0) is 19.2. The number of carbonyl (C=O) groups excluding carboxylic acids is 1. The third-order valence-electron chi connectivity index (χ3n) is 5.28. The number of rotatable bonds is 6. The number of nitrogens with zero attached hydrogens (tertiary/aromatic N) is 4. The fourth-order valence-corrected chi connectivity index (χ4v) is 3.74. The van der Waals surface area contributed by atoms with Crippen molar-refractivity contribution >= 4 is 5.91 Å². The molecule has 1 aromatic carbocycles. The molecule has 0 N–H and O–H groups in total. The highest BCUT2D eigenvalue weighted by atomic mass is 19.1. The largest absolute Gasteiger partial charge is 0.341 e. The summed E-state index contributed by atoms with van der Waals surface area (Å²) in [6.07, 6.45) is 5.05. The third-order valence-corrected chi connectivity index (χ3v) is 5.28. The summed E-state index contributed by atoms with van der Waals surface area (Å²) in [7, 11) is 0. The van der Waals surface area contributed by atoms with Gasteiger partial charge in [-0.05, 0) is 36.1 Å². The van der Waals surface area contributed by atoms with Gasteiger partial charge >= 0.3 is 0 Å². The van der Waals surface area contributed by atoms with Crippen molar-refractivity contribution in [2.24, 2.45) is 5.92 Å². The minimum Gasteiger partial charge on any atom is -0.341 e. The van der Waals surface area contributed by atoms with Gasteiger partial charge in [-0.15, -0.1) is 0 Å². The lowest BCUT2D eigenvalue weighted by molar-refractivity contribution is -0.132. The average Bonchev–Trinajstić information content (AvgIpc) is 3.08. The van der Waals surface area contributed by atoms with Gasteiger partial charge in [0.05, 0.1) is 0 Å². The molecule has 27 heavy (non-hydrogen) atoms. The standard InChI is InChI=1S/C21H29FN4O/c1-17(2)20-16-25(21(27)9-14-26-13-3-10-23-26)12-4-11-24(20)15-18-5-7-19(22)8-6-18/h3,5-8,10,13,17,20H,4,9,11-12,14-16H2,1-2H3/t20-/m1/s1. The molecule has 2 aromatic rings. The highest BCUT2D eigenvalue weighted by molar-refractivity contribution is 5.76. The molecule has 5 nitrogen and oxygen atoms in total. The Kier molecular flexibility index (Phi) is 6.61. The van der Waals surface area contributed by atoms with E-state index >= 15 is 0 Å². The highest BCUT2D eigenvalue weighted by Gasteiger charge is 2.29. The molecule has 0 radical (unpaired) electrons. The lowest BCUT2D eigenvalue weighted by Gasteiger charge is -2.34. The van der Waals surface area contributed by atoms with Crippen molar-refractivity contribution in [3.8, 4) is 0 Å². The van der Waals surface area contributed by atoms with Gasteiger partial charge in [-0.3, -0.25) is 14.4 Å². The molecular formula is C21H29FN4O.